The second kappa shape index (κ2) is 7.19. The van der Waals surface area contributed by atoms with Crippen LogP contribution in [0.5, 0.6) is 0 Å². The first kappa shape index (κ1) is 20.1. The van der Waals surface area contributed by atoms with Crippen LogP contribution in [-0.2, 0) is 11.8 Å². The molecule has 2 aromatic rings. The molecule has 0 bridgehead atoms. The molecule has 0 aliphatic heterocycles. The van der Waals surface area contributed by atoms with Crippen LogP contribution in [0, 0.1) is 41.5 Å². The monoisotopic (exact) mass is 390 g/mol. The van der Waals surface area contributed by atoms with Gasteiger partial charge in [-0.25, -0.2) is 0 Å². The Balaban J connectivity index is 2.58. The fourth-order valence-electron chi connectivity index (χ4n) is 3.43. The third-order valence-electron chi connectivity index (χ3n) is 4.33. The predicted molar refractivity (Wildman–Crippen MR) is 113 cm³/mol. The van der Waals surface area contributed by atoms with Crippen molar-refractivity contribution in [2.24, 2.45) is 0 Å². The first-order chi connectivity index (χ1) is 11.5. The van der Waals surface area contributed by atoms with E-state index in [1.165, 1.54) is 0 Å². The minimum Gasteiger partial charge on any atom is -0.287 e. The molecule has 0 aromatic heterocycles. The molecule has 0 atom stereocenters. The third-order valence-corrected chi connectivity index (χ3v) is 7.97. The summed E-state index contributed by atoms with van der Waals surface area (Å²) in [6.07, 6.45) is 0. The Labute approximate surface area is 160 Å². The molecule has 0 saturated carbocycles. The van der Waals surface area contributed by atoms with Gasteiger partial charge in [0.05, 0.1) is 0 Å². The summed E-state index contributed by atoms with van der Waals surface area (Å²) < 4.78 is 0. The average molecular weight is 391 g/mol. The van der Waals surface area contributed by atoms with Crippen molar-refractivity contribution in [2.75, 3.05) is 0 Å². The highest BCUT2D eigenvalue weighted by Crippen LogP contribution is 2.57. The number of hydrogen-bond donors (Lipinski definition) is 1. The summed E-state index contributed by atoms with van der Waals surface area (Å²) in [7, 11) is 0. The van der Waals surface area contributed by atoms with Crippen LogP contribution in [0.2, 0.25) is 0 Å². The number of hydrogen-bond acceptors (Lipinski definition) is 3. The molecule has 0 saturated heterocycles. The molecule has 5 heteroatoms. The van der Waals surface area contributed by atoms with Crippen molar-refractivity contribution >= 4 is 40.3 Å². The van der Waals surface area contributed by atoms with Crippen LogP contribution >= 0.6 is 17.5 Å². The lowest BCUT2D eigenvalue weighted by Gasteiger charge is -2.19. The summed E-state index contributed by atoms with van der Waals surface area (Å²) in [5, 5.41) is -3.21. The molecular formula is C20H23O2PS2. The Morgan fingerprint density at radius 2 is 0.960 bits per heavy atom. The molecule has 132 valence electrons. The van der Waals surface area contributed by atoms with E-state index in [0.717, 1.165) is 33.4 Å². The van der Waals surface area contributed by atoms with Crippen LogP contribution in [-0.4, -0.2) is 11.0 Å². The number of carbonyl (C=O) groups excluding carboxylic acids is 2. The largest absolute Gasteiger partial charge is 0.287 e. The number of rotatable bonds is 4. The maximum absolute atomic E-state index is 13.2. The average Bonchev–Trinajstić information content (AvgIpc) is 2.44. The van der Waals surface area contributed by atoms with Gasteiger partial charge in [0.15, 0.2) is 0 Å². The highest BCUT2D eigenvalue weighted by molar-refractivity contribution is 8.74. The van der Waals surface area contributed by atoms with E-state index in [1.54, 1.807) is 0 Å². The number of thiol groups is 1. The molecule has 0 amide bonds. The number of benzene rings is 2. The Bertz CT molecular complexity index is 825. The maximum Gasteiger partial charge on any atom is 0.211 e. The highest BCUT2D eigenvalue weighted by atomic mass is 32.9. The van der Waals surface area contributed by atoms with Crippen molar-refractivity contribution in [2.45, 2.75) is 41.5 Å². The zero-order chi connectivity index (χ0) is 19.1. The molecular weight excluding hydrogens is 367 g/mol. The molecule has 0 aliphatic carbocycles. The summed E-state index contributed by atoms with van der Waals surface area (Å²) in [6.45, 7) is 11.5. The van der Waals surface area contributed by atoms with Crippen molar-refractivity contribution < 1.29 is 9.59 Å². The second-order valence-electron chi connectivity index (χ2n) is 6.73. The van der Waals surface area contributed by atoms with Crippen LogP contribution in [0.25, 0.3) is 0 Å². The van der Waals surface area contributed by atoms with Crippen LogP contribution < -0.4 is 0 Å². The lowest BCUT2D eigenvalue weighted by molar-refractivity contribution is 0.105. The standard InChI is InChI=1S/C20H23O2PS2/c1-11-7-13(3)17(14(4)8-11)19(21)23(24,25)20(22)18-15(5)9-12(2)10-16(18)6/h7-10H,1-6H3,(H,24,25). The van der Waals surface area contributed by atoms with Crippen LogP contribution in [0.1, 0.15) is 54.1 Å². The molecule has 0 aliphatic rings. The van der Waals surface area contributed by atoms with E-state index in [4.69, 9.17) is 11.8 Å². The lowest BCUT2D eigenvalue weighted by atomic mass is 10.0. The van der Waals surface area contributed by atoms with Gasteiger partial charge >= 0.3 is 0 Å². The van der Waals surface area contributed by atoms with Gasteiger partial charge in [0.25, 0.3) is 0 Å². The summed E-state index contributed by atoms with van der Waals surface area (Å²) >= 11 is 10.0. The Morgan fingerprint density at radius 1 is 0.720 bits per heavy atom. The highest BCUT2D eigenvalue weighted by Gasteiger charge is 2.35. The Hall–Kier alpha value is -1.22. The minimum absolute atomic E-state index is 0.315. The third kappa shape index (κ3) is 3.81. The van der Waals surface area contributed by atoms with Crippen molar-refractivity contribution in [3.63, 3.8) is 0 Å². The van der Waals surface area contributed by atoms with Crippen molar-refractivity contribution in [1.82, 2.24) is 0 Å². The van der Waals surface area contributed by atoms with Gasteiger partial charge in [-0.2, -0.15) is 0 Å². The molecule has 0 spiro atoms. The molecule has 2 aromatic carbocycles. The van der Waals surface area contributed by atoms with Crippen molar-refractivity contribution in [3.05, 3.63) is 68.8 Å². The smallest absolute Gasteiger partial charge is 0.211 e. The van der Waals surface area contributed by atoms with E-state index >= 15 is 0 Å². The van der Waals surface area contributed by atoms with Gasteiger partial charge in [-0.3, -0.25) is 9.59 Å². The number of carbonyl (C=O) groups is 2. The molecule has 0 unspecified atom stereocenters. The zero-order valence-electron chi connectivity index (χ0n) is 15.4. The fraction of sp³-hybridized carbons (Fsp3) is 0.300. The van der Waals surface area contributed by atoms with Crippen molar-refractivity contribution in [1.29, 1.82) is 0 Å². The fourth-order valence-corrected chi connectivity index (χ4v) is 6.07. The zero-order valence-corrected chi connectivity index (χ0v) is 18.0. The molecule has 25 heavy (non-hydrogen) atoms. The van der Waals surface area contributed by atoms with Gasteiger partial charge in [-0.05, 0) is 63.8 Å². The lowest BCUT2D eigenvalue weighted by Crippen LogP contribution is -2.12. The molecule has 0 N–H and O–H groups in total. The van der Waals surface area contributed by atoms with E-state index in [0.29, 0.717) is 11.1 Å². The molecule has 0 fully saturated rings. The van der Waals surface area contributed by atoms with Gasteiger partial charge < -0.3 is 0 Å². The normalized spacial score (nSPS) is 11.5. The number of aryl methyl sites for hydroxylation is 6. The quantitative estimate of drug-likeness (QED) is 0.526. The molecule has 2 rings (SSSR count). The minimum atomic E-state index is -3.21. The van der Waals surface area contributed by atoms with E-state index in [-0.39, 0.29) is 11.0 Å². The topological polar surface area (TPSA) is 34.1 Å². The van der Waals surface area contributed by atoms with Gasteiger partial charge in [0.2, 0.25) is 11.0 Å². The van der Waals surface area contributed by atoms with Crippen LogP contribution in [0.4, 0.5) is 0 Å². The van der Waals surface area contributed by atoms with Gasteiger partial charge in [0.1, 0.15) is 5.24 Å². The SMILES string of the molecule is Cc1cc(C)c(C(=O)P(=S)(S)C(=O)c2c(C)cc(C)cc2C)c(C)c1. The summed E-state index contributed by atoms with van der Waals surface area (Å²) in [4.78, 5) is 26.3. The summed E-state index contributed by atoms with van der Waals surface area (Å²) in [6, 6.07) is 7.76. The van der Waals surface area contributed by atoms with Crippen molar-refractivity contribution in [3.8, 4) is 0 Å². The van der Waals surface area contributed by atoms with E-state index in [2.05, 4.69) is 12.2 Å². The first-order valence-corrected chi connectivity index (χ1v) is 12.0. The molecule has 0 heterocycles. The van der Waals surface area contributed by atoms with Crippen LogP contribution in [0.15, 0.2) is 24.3 Å². The van der Waals surface area contributed by atoms with Gasteiger partial charge in [-0.15, -0.1) is 12.2 Å². The van der Waals surface area contributed by atoms with E-state index in [9.17, 15) is 9.59 Å². The summed E-state index contributed by atoms with van der Waals surface area (Å²) in [5.41, 5.74) is 5.99. The maximum atomic E-state index is 13.2. The second-order valence-corrected chi connectivity index (χ2v) is 13.0. The van der Waals surface area contributed by atoms with E-state index in [1.807, 2.05) is 65.8 Å². The Kier molecular flexibility index (Phi) is 5.78. The molecule has 0 radical (unpaired) electrons. The Morgan fingerprint density at radius 3 is 1.20 bits per heavy atom. The van der Waals surface area contributed by atoms with E-state index < -0.39 is 5.24 Å². The molecule has 2 nitrogen and oxygen atoms in total. The summed E-state index contributed by atoms with van der Waals surface area (Å²) in [5.74, 6) is 0. The van der Waals surface area contributed by atoms with Gasteiger partial charge in [0, 0.05) is 11.1 Å². The van der Waals surface area contributed by atoms with Gasteiger partial charge in [-0.1, -0.05) is 47.2 Å². The predicted octanol–water partition coefficient (Wildman–Crippen LogP) is 5.84. The first-order valence-electron chi connectivity index (χ1n) is 8.05. The van der Waals surface area contributed by atoms with Crippen LogP contribution in [0.3, 0.4) is 0 Å².